The summed E-state index contributed by atoms with van der Waals surface area (Å²) in [5.41, 5.74) is 1.36. The van der Waals surface area contributed by atoms with Gasteiger partial charge in [-0.1, -0.05) is 37.3 Å². The molecule has 0 aromatic heterocycles. The summed E-state index contributed by atoms with van der Waals surface area (Å²) < 4.78 is 0. The van der Waals surface area contributed by atoms with Crippen molar-refractivity contribution in [1.82, 2.24) is 5.32 Å². The Morgan fingerprint density at radius 3 is 2.81 bits per heavy atom. The maximum absolute atomic E-state index is 11.4. The molecule has 2 atom stereocenters. The van der Waals surface area contributed by atoms with Crippen LogP contribution in [0.1, 0.15) is 24.8 Å². The van der Waals surface area contributed by atoms with E-state index < -0.39 is 0 Å². The van der Waals surface area contributed by atoms with Crippen molar-refractivity contribution in [2.45, 2.75) is 24.5 Å². The number of amides is 1. The molecule has 0 spiro atoms. The van der Waals surface area contributed by atoms with Gasteiger partial charge in [-0.25, -0.2) is 0 Å². The van der Waals surface area contributed by atoms with Crippen molar-refractivity contribution in [3.05, 3.63) is 35.9 Å². The highest BCUT2D eigenvalue weighted by molar-refractivity contribution is 8.00. The fraction of sp³-hybridized carbons (Fsp3) is 0.462. The highest BCUT2D eigenvalue weighted by Gasteiger charge is 2.24. The smallest absolute Gasteiger partial charge is 0.233 e. The Labute approximate surface area is 101 Å². The van der Waals surface area contributed by atoms with Gasteiger partial charge in [0, 0.05) is 12.3 Å². The zero-order valence-corrected chi connectivity index (χ0v) is 10.3. The van der Waals surface area contributed by atoms with Crippen molar-refractivity contribution in [1.29, 1.82) is 0 Å². The number of nitrogens with one attached hydrogen (secondary N) is 1. The van der Waals surface area contributed by atoms with E-state index in [9.17, 15) is 4.79 Å². The van der Waals surface area contributed by atoms with E-state index in [-0.39, 0.29) is 11.2 Å². The molecule has 1 N–H and O–H groups in total. The van der Waals surface area contributed by atoms with Gasteiger partial charge in [0.05, 0.1) is 5.25 Å². The quantitative estimate of drug-likeness (QED) is 0.868. The average molecular weight is 235 g/mol. The minimum absolute atomic E-state index is 0.172. The molecule has 1 saturated heterocycles. The Morgan fingerprint density at radius 1 is 1.44 bits per heavy atom. The van der Waals surface area contributed by atoms with Gasteiger partial charge in [0.25, 0.3) is 0 Å². The normalized spacial score (nSPS) is 21.8. The predicted octanol–water partition coefficient (Wildman–Crippen LogP) is 2.41. The summed E-state index contributed by atoms with van der Waals surface area (Å²) in [5.74, 6) is 1.74. The van der Waals surface area contributed by atoms with Gasteiger partial charge in [0.1, 0.15) is 0 Å². The van der Waals surface area contributed by atoms with Crippen molar-refractivity contribution in [3.8, 4) is 0 Å². The van der Waals surface area contributed by atoms with Crippen LogP contribution in [0.4, 0.5) is 0 Å². The second-order valence-electron chi connectivity index (χ2n) is 4.21. The molecular weight excluding hydrogens is 218 g/mol. The van der Waals surface area contributed by atoms with Gasteiger partial charge in [0.15, 0.2) is 0 Å². The fourth-order valence-corrected chi connectivity index (χ4v) is 3.10. The highest BCUT2D eigenvalue weighted by atomic mass is 32.2. The summed E-state index contributed by atoms with van der Waals surface area (Å²) in [5, 5.41) is 3.05. The van der Waals surface area contributed by atoms with Crippen LogP contribution in [0.15, 0.2) is 30.3 Å². The molecule has 1 aromatic carbocycles. The Bertz CT molecular complexity index is 352. The molecule has 1 aromatic rings. The van der Waals surface area contributed by atoms with Crippen LogP contribution in [0.25, 0.3) is 0 Å². The number of carbonyl (C=O) groups excluding carboxylic acids is 1. The Balaban J connectivity index is 1.84. The van der Waals surface area contributed by atoms with Crippen LogP contribution in [-0.2, 0) is 4.79 Å². The summed E-state index contributed by atoms with van der Waals surface area (Å²) in [6.45, 7) is 3.06. The highest BCUT2D eigenvalue weighted by Crippen LogP contribution is 2.25. The van der Waals surface area contributed by atoms with E-state index in [0.29, 0.717) is 5.92 Å². The maximum atomic E-state index is 11.4. The molecule has 0 radical (unpaired) electrons. The van der Waals surface area contributed by atoms with Crippen molar-refractivity contribution in [2.24, 2.45) is 0 Å². The van der Waals surface area contributed by atoms with E-state index in [1.165, 1.54) is 5.56 Å². The van der Waals surface area contributed by atoms with E-state index >= 15 is 0 Å². The van der Waals surface area contributed by atoms with Gasteiger partial charge in [-0.15, -0.1) is 11.8 Å². The van der Waals surface area contributed by atoms with Crippen LogP contribution in [0.3, 0.4) is 0 Å². The number of thioether (sulfide) groups is 1. The number of hydrogen-bond donors (Lipinski definition) is 1. The minimum atomic E-state index is 0.172. The van der Waals surface area contributed by atoms with Gasteiger partial charge < -0.3 is 5.32 Å². The second-order valence-corrected chi connectivity index (χ2v) is 5.45. The zero-order valence-electron chi connectivity index (χ0n) is 9.48. The predicted molar refractivity (Wildman–Crippen MR) is 68.7 cm³/mol. The van der Waals surface area contributed by atoms with Crippen LogP contribution in [0.2, 0.25) is 0 Å². The first-order valence-corrected chi connectivity index (χ1v) is 6.76. The first-order chi connectivity index (χ1) is 7.77. The van der Waals surface area contributed by atoms with Crippen LogP contribution < -0.4 is 5.32 Å². The van der Waals surface area contributed by atoms with Crippen LogP contribution in [0, 0.1) is 0 Å². The third kappa shape index (κ3) is 2.79. The molecule has 1 amide bonds. The van der Waals surface area contributed by atoms with Crippen molar-refractivity contribution in [2.75, 3.05) is 12.3 Å². The Kier molecular flexibility index (Phi) is 3.88. The van der Waals surface area contributed by atoms with E-state index in [1.54, 1.807) is 11.8 Å². The van der Waals surface area contributed by atoms with Crippen LogP contribution in [0.5, 0.6) is 0 Å². The van der Waals surface area contributed by atoms with Crippen LogP contribution in [-0.4, -0.2) is 23.5 Å². The van der Waals surface area contributed by atoms with E-state index in [1.807, 2.05) is 6.07 Å². The first-order valence-electron chi connectivity index (χ1n) is 5.71. The SMILES string of the molecule is C[C@H](CS[C@@H]1CCNC1=O)c1ccccc1. The maximum Gasteiger partial charge on any atom is 0.233 e. The molecule has 16 heavy (non-hydrogen) atoms. The molecule has 1 aliphatic rings. The van der Waals surface area contributed by atoms with Crippen molar-refractivity contribution >= 4 is 17.7 Å². The fourth-order valence-electron chi connectivity index (χ4n) is 1.87. The lowest BCUT2D eigenvalue weighted by Crippen LogP contribution is -2.21. The van der Waals surface area contributed by atoms with E-state index in [2.05, 4.69) is 36.5 Å². The molecule has 2 rings (SSSR count). The van der Waals surface area contributed by atoms with E-state index in [0.717, 1.165) is 18.7 Å². The monoisotopic (exact) mass is 235 g/mol. The van der Waals surface area contributed by atoms with E-state index in [4.69, 9.17) is 0 Å². The molecule has 2 nitrogen and oxygen atoms in total. The molecule has 0 saturated carbocycles. The van der Waals surface area contributed by atoms with Gasteiger partial charge in [0.2, 0.25) is 5.91 Å². The number of benzene rings is 1. The zero-order chi connectivity index (χ0) is 11.4. The van der Waals surface area contributed by atoms with Crippen LogP contribution >= 0.6 is 11.8 Å². The third-order valence-electron chi connectivity index (χ3n) is 2.91. The number of carbonyl (C=O) groups is 1. The lowest BCUT2D eigenvalue weighted by molar-refractivity contribution is -0.118. The Morgan fingerprint density at radius 2 is 2.19 bits per heavy atom. The lowest BCUT2D eigenvalue weighted by atomic mass is 10.0. The van der Waals surface area contributed by atoms with Gasteiger partial charge in [-0.3, -0.25) is 4.79 Å². The first kappa shape index (κ1) is 11.5. The van der Waals surface area contributed by atoms with Crippen molar-refractivity contribution < 1.29 is 4.79 Å². The van der Waals surface area contributed by atoms with Crippen molar-refractivity contribution in [3.63, 3.8) is 0 Å². The summed E-state index contributed by atoms with van der Waals surface area (Å²) in [6, 6.07) is 10.5. The van der Waals surface area contributed by atoms with Gasteiger partial charge >= 0.3 is 0 Å². The summed E-state index contributed by atoms with van der Waals surface area (Å²) in [6.07, 6.45) is 0.977. The molecule has 0 bridgehead atoms. The number of hydrogen-bond acceptors (Lipinski definition) is 2. The molecule has 3 heteroatoms. The topological polar surface area (TPSA) is 29.1 Å². The summed E-state index contributed by atoms with van der Waals surface area (Å²) >= 11 is 1.78. The standard InChI is InChI=1S/C13H17NOS/c1-10(11-5-3-2-4-6-11)9-16-12-7-8-14-13(12)15/h2-6,10,12H,7-9H2,1H3,(H,14,15)/t10-,12-/m1/s1. The molecule has 0 unspecified atom stereocenters. The number of rotatable bonds is 4. The summed E-state index contributed by atoms with van der Waals surface area (Å²) in [7, 11) is 0. The largest absolute Gasteiger partial charge is 0.355 e. The molecule has 0 aliphatic carbocycles. The minimum Gasteiger partial charge on any atom is -0.355 e. The lowest BCUT2D eigenvalue weighted by Gasteiger charge is -2.13. The molecule has 1 aliphatic heterocycles. The molecule has 1 fully saturated rings. The Hall–Kier alpha value is -0.960. The molecule has 86 valence electrons. The second kappa shape index (κ2) is 5.39. The summed E-state index contributed by atoms with van der Waals surface area (Å²) in [4.78, 5) is 11.4. The van der Waals surface area contributed by atoms with Gasteiger partial charge in [-0.2, -0.15) is 0 Å². The molecule has 1 heterocycles. The third-order valence-corrected chi connectivity index (χ3v) is 4.46. The molecular formula is C13H17NOS. The van der Waals surface area contributed by atoms with Gasteiger partial charge in [-0.05, 0) is 17.9 Å². The average Bonchev–Trinajstić information content (AvgIpc) is 2.73.